The molecular weight excluding hydrogens is 400 g/mol. The first kappa shape index (κ1) is 19.0. The number of amides is 1. The Kier molecular flexibility index (Phi) is 5.04. The Morgan fingerprint density at radius 3 is 2.79 bits per heavy atom. The van der Waals surface area contributed by atoms with Crippen LogP contribution in [-0.2, 0) is 19.3 Å². The summed E-state index contributed by atoms with van der Waals surface area (Å²) in [5.74, 6) is 2.94. The van der Waals surface area contributed by atoms with Gasteiger partial charge in [-0.1, -0.05) is 19.9 Å². The predicted molar refractivity (Wildman–Crippen MR) is 120 cm³/mol. The molecule has 4 heterocycles. The van der Waals surface area contributed by atoms with Crippen LogP contribution in [0.25, 0.3) is 10.2 Å². The Morgan fingerprint density at radius 1 is 1.24 bits per heavy atom. The van der Waals surface area contributed by atoms with E-state index in [9.17, 15) is 4.79 Å². The number of anilines is 1. The number of nitrogens with zero attached hydrogens (tertiary/aromatic N) is 4. The van der Waals surface area contributed by atoms with Gasteiger partial charge in [0.25, 0.3) is 5.91 Å². The van der Waals surface area contributed by atoms with Crippen LogP contribution in [-0.4, -0.2) is 47.0 Å². The Morgan fingerprint density at radius 2 is 2.07 bits per heavy atom. The second-order valence-electron chi connectivity index (χ2n) is 8.11. The van der Waals surface area contributed by atoms with Gasteiger partial charge in [0.05, 0.1) is 10.3 Å². The molecule has 0 aromatic carbocycles. The topological polar surface area (TPSA) is 49.3 Å². The second-order valence-corrected chi connectivity index (χ2v) is 10.1. The second kappa shape index (κ2) is 7.69. The van der Waals surface area contributed by atoms with Crippen LogP contribution in [0.2, 0.25) is 0 Å². The molecule has 1 saturated heterocycles. The van der Waals surface area contributed by atoms with Crippen LogP contribution >= 0.6 is 22.7 Å². The lowest BCUT2D eigenvalue weighted by Gasteiger charge is -2.35. The minimum atomic E-state index is 0.156. The van der Waals surface area contributed by atoms with Crippen LogP contribution < -0.4 is 4.90 Å². The molecule has 0 unspecified atom stereocenters. The molecule has 0 radical (unpaired) electrons. The van der Waals surface area contributed by atoms with Gasteiger partial charge in [0, 0.05) is 37.5 Å². The quantitative estimate of drug-likeness (QED) is 0.623. The molecule has 2 aliphatic rings. The first-order valence-electron chi connectivity index (χ1n) is 10.5. The fraction of sp³-hybridized carbons (Fsp3) is 0.500. The molecule has 0 spiro atoms. The van der Waals surface area contributed by atoms with E-state index >= 15 is 0 Å². The van der Waals surface area contributed by atoms with Crippen molar-refractivity contribution in [2.45, 2.75) is 39.5 Å². The van der Waals surface area contributed by atoms with E-state index in [1.165, 1.54) is 40.0 Å². The molecule has 5 nitrogen and oxygen atoms in total. The molecule has 1 fully saturated rings. The van der Waals surface area contributed by atoms with Crippen LogP contribution in [0.1, 0.15) is 46.2 Å². The van der Waals surface area contributed by atoms with Crippen molar-refractivity contribution < 1.29 is 4.79 Å². The van der Waals surface area contributed by atoms with Gasteiger partial charge in [-0.3, -0.25) is 4.79 Å². The third kappa shape index (κ3) is 3.44. The highest BCUT2D eigenvalue weighted by Crippen LogP contribution is 2.41. The fourth-order valence-corrected chi connectivity index (χ4v) is 6.52. The van der Waals surface area contributed by atoms with Crippen molar-refractivity contribution in [3.8, 4) is 0 Å². The zero-order valence-electron chi connectivity index (χ0n) is 17.0. The SMILES string of the molecule is CCc1nc(N2CCN(C(=O)c3cccs3)CC2)c2c3c(sc2n1)C[C@@H](C)CC3. The molecule has 0 N–H and O–H groups in total. The van der Waals surface area contributed by atoms with Gasteiger partial charge in [0.15, 0.2) is 0 Å². The normalized spacial score (nSPS) is 19.6. The van der Waals surface area contributed by atoms with Crippen LogP contribution in [0.4, 0.5) is 5.82 Å². The number of piperazine rings is 1. The number of hydrogen-bond donors (Lipinski definition) is 0. The minimum Gasteiger partial charge on any atom is -0.352 e. The Balaban J connectivity index is 1.45. The summed E-state index contributed by atoms with van der Waals surface area (Å²) in [6.45, 7) is 7.61. The first-order valence-corrected chi connectivity index (χ1v) is 12.2. The summed E-state index contributed by atoms with van der Waals surface area (Å²) in [5.41, 5.74) is 1.48. The van der Waals surface area contributed by atoms with Gasteiger partial charge in [-0.15, -0.1) is 22.7 Å². The zero-order valence-corrected chi connectivity index (χ0v) is 18.6. The summed E-state index contributed by atoms with van der Waals surface area (Å²) in [6.07, 6.45) is 4.39. The molecule has 29 heavy (non-hydrogen) atoms. The van der Waals surface area contributed by atoms with Crippen molar-refractivity contribution in [3.63, 3.8) is 0 Å². The maximum absolute atomic E-state index is 12.7. The van der Waals surface area contributed by atoms with Crippen LogP contribution in [0.15, 0.2) is 17.5 Å². The minimum absolute atomic E-state index is 0.156. The number of fused-ring (bicyclic) bond motifs is 3. The summed E-state index contributed by atoms with van der Waals surface area (Å²) in [5, 5.41) is 3.25. The molecule has 1 amide bonds. The molecule has 1 aliphatic carbocycles. The predicted octanol–water partition coefficient (Wildman–Crippen LogP) is 4.40. The largest absolute Gasteiger partial charge is 0.352 e. The number of rotatable bonds is 3. The lowest BCUT2D eigenvalue weighted by atomic mass is 9.89. The summed E-state index contributed by atoms with van der Waals surface area (Å²) in [4.78, 5) is 30.4. The summed E-state index contributed by atoms with van der Waals surface area (Å²) < 4.78 is 0. The number of carbonyl (C=O) groups excluding carboxylic acids is 1. The molecule has 0 bridgehead atoms. The molecule has 5 rings (SSSR count). The number of aryl methyl sites for hydroxylation is 2. The highest BCUT2D eigenvalue weighted by Gasteiger charge is 2.28. The molecule has 0 saturated carbocycles. The average molecular weight is 427 g/mol. The lowest BCUT2D eigenvalue weighted by molar-refractivity contribution is 0.0751. The zero-order chi connectivity index (χ0) is 20.0. The van der Waals surface area contributed by atoms with Gasteiger partial charge in [-0.25, -0.2) is 9.97 Å². The third-order valence-electron chi connectivity index (χ3n) is 6.10. The smallest absolute Gasteiger partial charge is 0.264 e. The van der Waals surface area contributed by atoms with Crippen molar-refractivity contribution in [2.75, 3.05) is 31.1 Å². The van der Waals surface area contributed by atoms with Crippen LogP contribution in [0, 0.1) is 5.92 Å². The van der Waals surface area contributed by atoms with Crippen molar-refractivity contribution in [1.29, 1.82) is 0 Å². The average Bonchev–Trinajstić information content (AvgIpc) is 3.40. The van der Waals surface area contributed by atoms with Gasteiger partial charge >= 0.3 is 0 Å². The molecule has 152 valence electrons. The van der Waals surface area contributed by atoms with Crippen molar-refractivity contribution >= 4 is 44.6 Å². The van der Waals surface area contributed by atoms with Crippen LogP contribution in [0.5, 0.6) is 0 Å². The third-order valence-corrected chi connectivity index (χ3v) is 8.10. The van der Waals surface area contributed by atoms with E-state index in [4.69, 9.17) is 9.97 Å². The Hall–Kier alpha value is -1.99. The molecule has 1 atom stereocenters. The maximum Gasteiger partial charge on any atom is 0.264 e. The highest BCUT2D eigenvalue weighted by atomic mass is 32.1. The number of thiophene rings is 2. The van der Waals surface area contributed by atoms with Gasteiger partial charge in [-0.05, 0) is 42.2 Å². The molecule has 7 heteroatoms. The molecule has 3 aromatic rings. The standard InChI is InChI=1S/C22H26N4OS2/c1-3-18-23-20(19-15-7-6-14(2)13-17(15)29-21(19)24-18)25-8-10-26(11-9-25)22(27)16-5-4-12-28-16/h4-5,12,14H,3,6-11,13H2,1-2H3/t14-/m0/s1. The van der Waals surface area contributed by atoms with E-state index < -0.39 is 0 Å². The highest BCUT2D eigenvalue weighted by molar-refractivity contribution is 7.19. The number of aromatic nitrogens is 2. The van der Waals surface area contributed by atoms with E-state index in [0.29, 0.717) is 0 Å². The van der Waals surface area contributed by atoms with Gasteiger partial charge < -0.3 is 9.80 Å². The van der Waals surface area contributed by atoms with Crippen molar-refractivity contribution in [2.24, 2.45) is 5.92 Å². The van der Waals surface area contributed by atoms with Gasteiger partial charge in [0.2, 0.25) is 0 Å². The van der Waals surface area contributed by atoms with E-state index in [2.05, 4.69) is 18.7 Å². The van der Waals surface area contributed by atoms with Crippen molar-refractivity contribution in [1.82, 2.24) is 14.9 Å². The van der Waals surface area contributed by atoms with E-state index in [-0.39, 0.29) is 5.91 Å². The van der Waals surface area contributed by atoms with Crippen LogP contribution in [0.3, 0.4) is 0 Å². The summed E-state index contributed by atoms with van der Waals surface area (Å²) in [7, 11) is 0. The maximum atomic E-state index is 12.7. The summed E-state index contributed by atoms with van der Waals surface area (Å²) >= 11 is 3.40. The molecule has 1 aliphatic heterocycles. The summed E-state index contributed by atoms with van der Waals surface area (Å²) in [6, 6.07) is 3.86. The Labute approximate surface area is 179 Å². The fourth-order valence-electron chi connectivity index (χ4n) is 4.43. The first-order chi connectivity index (χ1) is 14.1. The van der Waals surface area contributed by atoms with Gasteiger partial charge in [0.1, 0.15) is 16.5 Å². The van der Waals surface area contributed by atoms with E-state index in [1.807, 2.05) is 33.7 Å². The monoisotopic (exact) mass is 426 g/mol. The van der Waals surface area contributed by atoms with Crippen molar-refractivity contribution in [3.05, 3.63) is 38.7 Å². The van der Waals surface area contributed by atoms with Gasteiger partial charge in [-0.2, -0.15) is 0 Å². The number of hydrogen-bond acceptors (Lipinski definition) is 6. The molecular formula is C22H26N4OS2. The van der Waals surface area contributed by atoms with E-state index in [0.717, 1.165) is 66.3 Å². The lowest BCUT2D eigenvalue weighted by Crippen LogP contribution is -2.49. The molecule has 3 aromatic heterocycles. The Bertz CT molecular complexity index is 1030. The van der Waals surface area contributed by atoms with E-state index in [1.54, 1.807) is 0 Å². The number of carbonyl (C=O) groups is 1.